The van der Waals surface area contributed by atoms with Crippen molar-refractivity contribution < 1.29 is 19.5 Å². The lowest BCUT2D eigenvalue weighted by Gasteiger charge is -2.09. The number of rotatable bonds is 3. The Hall–Kier alpha value is -2.37. The van der Waals surface area contributed by atoms with Gasteiger partial charge in [0.15, 0.2) is 0 Å². The van der Waals surface area contributed by atoms with E-state index in [0.717, 1.165) is 17.7 Å². The van der Waals surface area contributed by atoms with Crippen LogP contribution in [0.1, 0.15) is 28.8 Å². The van der Waals surface area contributed by atoms with Crippen molar-refractivity contribution in [1.82, 2.24) is 5.32 Å². The quantitative estimate of drug-likeness (QED) is 0.750. The Kier molecular flexibility index (Phi) is 3.79. The second-order valence-electron chi connectivity index (χ2n) is 4.35. The zero-order valence-corrected chi connectivity index (χ0v) is 10.2. The molecule has 6 heteroatoms. The summed E-state index contributed by atoms with van der Waals surface area (Å²) < 4.78 is 0. The lowest BCUT2D eigenvalue weighted by Crippen LogP contribution is -2.29. The van der Waals surface area contributed by atoms with Crippen molar-refractivity contribution >= 4 is 23.5 Å². The van der Waals surface area contributed by atoms with Gasteiger partial charge in [0.2, 0.25) is 5.91 Å². The van der Waals surface area contributed by atoms with Crippen molar-refractivity contribution in [3.63, 3.8) is 0 Å². The molecule has 0 radical (unpaired) electrons. The average molecular weight is 262 g/mol. The fourth-order valence-electron chi connectivity index (χ4n) is 1.97. The number of anilines is 1. The number of hydrogen-bond acceptors (Lipinski definition) is 3. The Morgan fingerprint density at radius 3 is 2.84 bits per heavy atom. The highest BCUT2D eigenvalue weighted by Crippen LogP contribution is 2.23. The van der Waals surface area contributed by atoms with Crippen molar-refractivity contribution in [2.75, 3.05) is 11.9 Å². The van der Waals surface area contributed by atoms with Gasteiger partial charge in [0, 0.05) is 17.7 Å². The van der Waals surface area contributed by atoms with E-state index >= 15 is 0 Å². The molecule has 0 bridgehead atoms. The Morgan fingerprint density at radius 1 is 1.32 bits per heavy atom. The number of nitrogens with one attached hydrogen (secondary N) is 2. The zero-order chi connectivity index (χ0) is 13.8. The summed E-state index contributed by atoms with van der Waals surface area (Å²) in [5.41, 5.74) is 2.02. The van der Waals surface area contributed by atoms with Crippen LogP contribution in [0.4, 0.5) is 5.69 Å². The van der Waals surface area contributed by atoms with Crippen LogP contribution in [0.2, 0.25) is 0 Å². The van der Waals surface area contributed by atoms with E-state index in [4.69, 9.17) is 5.11 Å². The molecule has 1 aliphatic rings. The molecule has 100 valence electrons. The normalized spacial score (nSPS) is 14.0. The molecule has 2 rings (SSSR count). The number of benzene rings is 1. The first-order valence-electron chi connectivity index (χ1n) is 5.99. The zero-order valence-electron chi connectivity index (χ0n) is 10.2. The van der Waals surface area contributed by atoms with Crippen LogP contribution in [0.3, 0.4) is 0 Å². The summed E-state index contributed by atoms with van der Waals surface area (Å²) >= 11 is 0. The van der Waals surface area contributed by atoms with Gasteiger partial charge in [0.25, 0.3) is 5.91 Å². The molecular weight excluding hydrogens is 248 g/mol. The lowest BCUT2D eigenvalue weighted by atomic mass is 10.0. The first-order chi connectivity index (χ1) is 9.06. The summed E-state index contributed by atoms with van der Waals surface area (Å²) in [5, 5.41) is 13.6. The lowest BCUT2D eigenvalue weighted by molar-refractivity contribution is -0.135. The van der Waals surface area contributed by atoms with Crippen molar-refractivity contribution in [3.05, 3.63) is 29.3 Å². The van der Waals surface area contributed by atoms with E-state index in [1.165, 1.54) is 0 Å². The first kappa shape index (κ1) is 13.1. The highest BCUT2D eigenvalue weighted by Gasteiger charge is 2.15. The predicted molar refractivity (Wildman–Crippen MR) is 68.0 cm³/mol. The Morgan fingerprint density at radius 2 is 2.11 bits per heavy atom. The molecule has 0 spiro atoms. The van der Waals surface area contributed by atoms with Crippen LogP contribution >= 0.6 is 0 Å². The van der Waals surface area contributed by atoms with Crippen molar-refractivity contribution in [2.45, 2.75) is 19.3 Å². The van der Waals surface area contributed by atoms with Crippen LogP contribution in [0.25, 0.3) is 0 Å². The molecule has 1 aliphatic heterocycles. The molecule has 1 heterocycles. The molecule has 0 saturated heterocycles. The number of aryl methyl sites for hydroxylation is 1. The van der Waals surface area contributed by atoms with Gasteiger partial charge in [-0.1, -0.05) is 0 Å². The maximum Gasteiger partial charge on any atom is 0.322 e. The van der Waals surface area contributed by atoms with Crippen LogP contribution in [0, 0.1) is 0 Å². The summed E-state index contributed by atoms with van der Waals surface area (Å²) in [4.78, 5) is 33.5. The molecule has 0 unspecified atom stereocenters. The molecular formula is C13H14N2O4. The summed E-state index contributed by atoms with van der Waals surface area (Å²) in [5.74, 6) is -1.54. The maximum atomic E-state index is 11.7. The number of carbonyl (C=O) groups excluding carboxylic acids is 2. The molecule has 3 N–H and O–H groups in total. The fraction of sp³-hybridized carbons (Fsp3) is 0.308. The number of carboxylic acid groups (broad SMARTS) is 1. The minimum Gasteiger partial charge on any atom is -0.480 e. The van der Waals surface area contributed by atoms with E-state index in [9.17, 15) is 14.4 Å². The van der Waals surface area contributed by atoms with Gasteiger partial charge in [0.05, 0.1) is 0 Å². The molecule has 1 aromatic carbocycles. The summed E-state index contributed by atoms with van der Waals surface area (Å²) in [6, 6.07) is 4.94. The van der Waals surface area contributed by atoms with Gasteiger partial charge >= 0.3 is 5.97 Å². The third kappa shape index (κ3) is 3.31. The van der Waals surface area contributed by atoms with E-state index < -0.39 is 18.4 Å². The molecule has 0 saturated carbocycles. The molecule has 0 fully saturated rings. The van der Waals surface area contributed by atoms with Gasteiger partial charge in [-0.25, -0.2) is 0 Å². The Bertz CT molecular complexity index is 539. The van der Waals surface area contributed by atoms with Crippen molar-refractivity contribution in [2.24, 2.45) is 0 Å². The van der Waals surface area contributed by atoms with E-state index in [2.05, 4.69) is 10.6 Å². The first-order valence-corrected chi connectivity index (χ1v) is 5.99. The Labute approximate surface area is 109 Å². The average Bonchev–Trinajstić information content (AvgIpc) is 2.55. The number of aliphatic carboxylic acids is 1. The van der Waals surface area contributed by atoms with Crippen LogP contribution in [-0.4, -0.2) is 29.4 Å². The van der Waals surface area contributed by atoms with Crippen LogP contribution in [0.5, 0.6) is 0 Å². The predicted octanol–water partition coefficient (Wildman–Crippen LogP) is 0.776. The van der Waals surface area contributed by atoms with Gasteiger partial charge < -0.3 is 15.7 Å². The second kappa shape index (κ2) is 5.51. The molecule has 0 aromatic heterocycles. The standard InChI is InChI=1S/C13H14N2O4/c16-11-3-1-2-8-6-9(4-5-10(8)15-11)13(19)14-7-12(17)18/h4-6H,1-3,7H2,(H,14,19)(H,15,16)(H,17,18). The molecule has 1 aromatic rings. The number of amides is 2. The molecule has 19 heavy (non-hydrogen) atoms. The SMILES string of the molecule is O=C(O)CNC(=O)c1ccc2c(c1)CCCC(=O)N2. The summed E-state index contributed by atoms with van der Waals surface area (Å²) in [6.45, 7) is -0.410. The monoisotopic (exact) mass is 262 g/mol. The van der Waals surface area contributed by atoms with Gasteiger partial charge in [-0.3, -0.25) is 14.4 Å². The highest BCUT2D eigenvalue weighted by atomic mass is 16.4. The maximum absolute atomic E-state index is 11.7. The van der Waals surface area contributed by atoms with Crippen molar-refractivity contribution in [1.29, 1.82) is 0 Å². The minimum absolute atomic E-state index is 0.0261. The van der Waals surface area contributed by atoms with Gasteiger partial charge in [-0.2, -0.15) is 0 Å². The smallest absolute Gasteiger partial charge is 0.322 e. The van der Waals surface area contributed by atoms with Crippen LogP contribution < -0.4 is 10.6 Å². The number of carbonyl (C=O) groups is 3. The van der Waals surface area contributed by atoms with E-state index in [1.807, 2.05) is 0 Å². The third-order valence-corrected chi connectivity index (χ3v) is 2.89. The van der Waals surface area contributed by atoms with Crippen LogP contribution in [0.15, 0.2) is 18.2 Å². The molecule has 2 amide bonds. The third-order valence-electron chi connectivity index (χ3n) is 2.89. The Balaban J connectivity index is 2.16. The van der Waals surface area contributed by atoms with E-state index in [1.54, 1.807) is 18.2 Å². The number of carboxylic acids is 1. The van der Waals surface area contributed by atoms with Gasteiger partial charge in [-0.15, -0.1) is 0 Å². The highest BCUT2D eigenvalue weighted by molar-refractivity contribution is 5.98. The number of fused-ring (bicyclic) bond motifs is 1. The van der Waals surface area contributed by atoms with Gasteiger partial charge in [-0.05, 0) is 36.6 Å². The second-order valence-corrected chi connectivity index (χ2v) is 4.35. The topological polar surface area (TPSA) is 95.5 Å². The molecule has 0 atom stereocenters. The van der Waals surface area contributed by atoms with Crippen LogP contribution in [-0.2, 0) is 16.0 Å². The number of hydrogen-bond donors (Lipinski definition) is 3. The molecule has 0 aliphatic carbocycles. The largest absolute Gasteiger partial charge is 0.480 e. The van der Waals surface area contributed by atoms with E-state index in [-0.39, 0.29) is 5.91 Å². The van der Waals surface area contributed by atoms with E-state index in [0.29, 0.717) is 18.4 Å². The molecule has 6 nitrogen and oxygen atoms in total. The fourth-order valence-corrected chi connectivity index (χ4v) is 1.97. The van der Waals surface area contributed by atoms with Crippen molar-refractivity contribution in [3.8, 4) is 0 Å². The summed E-state index contributed by atoms with van der Waals surface area (Å²) in [7, 11) is 0. The minimum atomic E-state index is -1.09. The van der Waals surface area contributed by atoms with Gasteiger partial charge in [0.1, 0.15) is 6.54 Å². The summed E-state index contributed by atoms with van der Waals surface area (Å²) in [6.07, 6.45) is 1.92.